The van der Waals surface area contributed by atoms with E-state index in [2.05, 4.69) is 34.1 Å². The second kappa shape index (κ2) is 10.3. The molecule has 2 aromatic heterocycles. The van der Waals surface area contributed by atoms with Crippen molar-refractivity contribution >= 4 is 12.0 Å². The summed E-state index contributed by atoms with van der Waals surface area (Å²) in [7, 11) is 0. The third-order valence-electron chi connectivity index (χ3n) is 6.04. The van der Waals surface area contributed by atoms with Gasteiger partial charge < -0.3 is 4.90 Å². The van der Waals surface area contributed by atoms with Gasteiger partial charge in [-0.2, -0.15) is 5.10 Å². The highest BCUT2D eigenvalue weighted by atomic mass is 16.2. The van der Waals surface area contributed by atoms with Crippen LogP contribution in [0.3, 0.4) is 0 Å². The van der Waals surface area contributed by atoms with E-state index in [0.29, 0.717) is 0 Å². The van der Waals surface area contributed by atoms with Crippen molar-refractivity contribution in [3.63, 3.8) is 0 Å². The molecule has 0 saturated carbocycles. The summed E-state index contributed by atoms with van der Waals surface area (Å²) in [6.07, 6.45) is 9.03. The lowest BCUT2D eigenvalue weighted by molar-refractivity contribution is -0.127. The van der Waals surface area contributed by atoms with E-state index >= 15 is 0 Å². The largest absolute Gasteiger partial charge is 0.337 e. The number of aromatic nitrogens is 3. The van der Waals surface area contributed by atoms with Crippen LogP contribution in [0.4, 0.5) is 0 Å². The number of carbonyl (C=O) groups excluding carboxylic acids is 1. The molecule has 2 aromatic carbocycles. The Morgan fingerprint density at radius 1 is 0.882 bits per heavy atom. The monoisotopic (exact) mass is 449 g/mol. The fourth-order valence-corrected chi connectivity index (χ4v) is 4.18. The third-order valence-corrected chi connectivity index (χ3v) is 6.04. The van der Waals surface area contributed by atoms with E-state index in [1.54, 1.807) is 18.5 Å². The van der Waals surface area contributed by atoms with Crippen molar-refractivity contribution in [2.24, 2.45) is 0 Å². The summed E-state index contributed by atoms with van der Waals surface area (Å²) in [6.45, 7) is 4.14. The molecule has 1 aliphatic rings. The fraction of sp³-hybridized carbons (Fsp3) is 0.179. The van der Waals surface area contributed by atoms with Gasteiger partial charge in [-0.3, -0.25) is 14.7 Å². The Morgan fingerprint density at radius 2 is 1.62 bits per heavy atom. The minimum absolute atomic E-state index is 0.0314. The molecule has 0 unspecified atom stereocenters. The summed E-state index contributed by atoms with van der Waals surface area (Å²) in [6, 6.07) is 24.3. The first-order valence-corrected chi connectivity index (χ1v) is 11.5. The van der Waals surface area contributed by atoms with Crippen LogP contribution >= 0.6 is 0 Å². The molecule has 1 aliphatic heterocycles. The van der Waals surface area contributed by atoms with Gasteiger partial charge in [-0.1, -0.05) is 48.5 Å². The van der Waals surface area contributed by atoms with Crippen molar-refractivity contribution in [3.8, 4) is 16.9 Å². The molecule has 170 valence electrons. The average Bonchev–Trinajstić information content (AvgIpc) is 3.34. The standard InChI is InChI=1S/C28H27N5O/c34-27(32-18-16-31(17-19-32)21-23-8-3-1-4-9-23)14-13-25-22-33(26-11-5-2-6-12-26)30-28(25)24-10-7-15-29-20-24/h1-15,20,22H,16-19,21H2. The van der Waals surface area contributed by atoms with Gasteiger partial charge in [0, 0.05) is 68.5 Å². The van der Waals surface area contributed by atoms with Crippen LogP contribution in [-0.2, 0) is 11.3 Å². The van der Waals surface area contributed by atoms with Crippen LogP contribution in [0.2, 0.25) is 0 Å². The topological polar surface area (TPSA) is 54.3 Å². The summed E-state index contributed by atoms with van der Waals surface area (Å²) in [5, 5.41) is 4.78. The van der Waals surface area contributed by atoms with E-state index < -0.39 is 0 Å². The van der Waals surface area contributed by atoms with Gasteiger partial charge in [0.05, 0.1) is 5.69 Å². The van der Waals surface area contributed by atoms with Gasteiger partial charge in [-0.25, -0.2) is 4.68 Å². The first-order chi connectivity index (χ1) is 16.8. The highest BCUT2D eigenvalue weighted by molar-refractivity contribution is 5.93. The SMILES string of the molecule is O=C(C=Cc1cn(-c2ccccc2)nc1-c1cccnc1)N1CCN(Cc2ccccc2)CC1. The molecular weight excluding hydrogens is 422 g/mol. The summed E-state index contributed by atoms with van der Waals surface area (Å²) in [4.78, 5) is 21.5. The molecule has 0 atom stereocenters. The molecule has 0 aliphatic carbocycles. The number of amides is 1. The van der Waals surface area contributed by atoms with E-state index in [9.17, 15) is 4.79 Å². The number of carbonyl (C=O) groups is 1. The number of para-hydroxylation sites is 1. The highest BCUT2D eigenvalue weighted by Crippen LogP contribution is 2.24. The number of benzene rings is 2. The van der Waals surface area contributed by atoms with Gasteiger partial charge in [0.15, 0.2) is 0 Å². The Balaban J connectivity index is 1.29. The molecule has 4 aromatic rings. The van der Waals surface area contributed by atoms with Gasteiger partial charge >= 0.3 is 0 Å². The molecule has 0 radical (unpaired) electrons. The van der Waals surface area contributed by atoms with Crippen molar-refractivity contribution in [3.05, 3.63) is 109 Å². The summed E-state index contributed by atoms with van der Waals surface area (Å²) < 4.78 is 1.84. The first-order valence-electron chi connectivity index (χ1n) is 11.5. The van der Waals surface area contributed by atoms with Gasteiger partial charge in [-0.15, -0.1) is 0 Å². The van der Waals surface area contributed by atoms with Crippen LogP contribution in [0, 0.1) is 0 Å². The Kier molecular flexibility index (Phi) is 6.59. The van der Waals surface area contributed by atoms with Gasteiger partial charge in [-0.05, 0) is 35.9 Å². The smallest absolute Gasteiger partial charge is 0.246 e. The normalized spacial score (nSPS) is 14.5. The zero-order chi connectivity index (χ0) is 23.2. The van der Waals surface area contributed by atoms with E-state index in [1.807, 2.05) is 70.4 Å². The quantitative estimate of drug-likeness (QED) is 0.412. The van der Waals surface area contributed by atoms with Crippen LogP contribution in [0.5, 0.6) is 0 Å². The summed E-state index contributed by atoms with van der Waals surface area (Å²) in [5.74, 6) is 0.0314. The molecule has 1 amide bonds. The minimum atomic E-state index is 0.0314. The lowest BCUT2D eigenvalue weighted by Gasteiger charge is -2.34. The highest BCUT2D eigenvalue weighted by Gasteiger charge is 2.20. The molecule has 34 heavy (non-hydrogen) atoms. The first kappa shape index (κ1) is 21.8. The maximum atomic E-state index is 12.9. The van der Waals surface area contributed by atoms with Crippen molar-refractivity contribution in [2.75, 3.05) is 26.2 Å². The molecule has 0 spiro atoms. The number of rotatable bonds is 6. The lowest BCUT2D eigenvalue weighted by Crippen LogP contribution is -2.47. The molecule has 1 saturated heterocycles. The zero-order valence-corrected chi connectivity index (χ0v) is 19.0. The van der Waals surface area contributed by atoms with Gasteiger partial charge in [0.2, 0.25) is 5.91 Å². The number of hydrogen-bond acceptors (Lipinski definition) is 4. The molecule has 6 heteroatoms. The Morgan fingerprint density at radius 3 is 2.32 bits per heavy atom. The molecule has 6 nitrogen and oxygen atoms in total. The van der Waals surface area contributed by atoms with Crippen LogP contribution in [0.15, 0.2) is 97.5 Å². The van der Waals surface area contributed by atoms with Crippen molar-refractivity contribution in [1.82, 2.24) is 24.6 Å². The number of piperazine rings is 1. The van der Waals surface area contributed by atoms with Gasteiger partial charge in [0.1, 0.15) is 5.69 Å². The predicted molar refractivity (Wildman–Crippen MR) is 134 cm³/mol. The second-order valence-electron chi connectivity index (χ2n) is 8.38. The minimum Gasteiger partial charge on any atom is -0.337 e. The van der Waals surface area contributed by atoms with E-state index in [-0.39, 0.29) is 5.91 Å². The molecule has 0 N–H and O–H groups in total. The predicted octanol–water partition coefficient (Wildman–Crippen LogP) is 4.29. The molecule has 5 rings (SSSR count). The average molecular weight is 450 g/mol. The number of hydrogen-bond donors (Lipinski definition) is 0. The molecular formula is C28H27N5O. The molecule has 1 fully saturated rings. The molecule has 0 bridgehead atoms. The Hall–Kier alpha value is -4.03. The van der Waals surface area contributed by atoms with Crippen molar-refractivity contribution in [1.29, 1.82) is 0 Å². The number of nitrogens with zero attached hydrogens (tertiary/aromatic N) is 5. The Bertz CT molecular complexity index is 1240. The maximum Gasteiger partial charge on any atom is 0.246 e. The summed E-state index contributed by atoms with van der Waals surface area (Å²) in [5.41, 5.74) is 4.87. The van der Waals surface area contributed by atoms with E-state index in [1.165, 1.54) is 5.56 Å². The summed E-state index contributed by atoms with van der Waals surface area (Å²) >= 11 is 0. The van der Waals surface area contributed by atoms with Crippen LogP contribution < -0.4 is 0 Å². The van der Waals surface area contributed by atoms with Crippen LogP contribution in [0.25, 0.3) is 23.0 Å². The molecule has 3 heterocycles. The van der Waals surface area contributed by atoms with Crippen LogP contribution in [-0.4, -0.2) is 56.7 Å². The Labute approximate surface area is 199 Å². The number of pyridine rings is 1. The van der Waals surface area contributed by atoms with E-state index in [0.717, 1.165) is 55.2 Å². The zero-order valence-electron chi connectivity index (χ0n) is 19.0. The van der Waals surface area contributed by atoms with Crippen molar-refractivity contribution in [2.45, 2.75) is 6.54 Å². The third kappa shape index (κ3) is 5.13. The maximum absolute atomic E-state index is 12.9. The van der Waals surface area contributed by atoms with Crippen LogP contribution in [0.1, 0.15) is 11.1 Å². The fourth-order valence-electron chi connectivity index (χ4n) is 4.18. The van der Waals surface area contributed by atoms with Crippen molar-refractivity contribution < 1.29 is 4.79 Å². The van der Waals surface area contributed by atoms with Gasteiger partial charge in [0.25, 0.3) is 0 Å². The van der Waals surface area contributed by atoms with E-state index in [4.69, 9.17) is 5.10 Å². The second-order valence-corrected chi connectivity index (χ2v) is 8.38. The lowest BCUT2D eigenvalue weighted by atomic mass is 10.1.